The van der Waals surface area contributed by atoms with Gasteiger partial charge in [0, 0.05) is 26.2 Å². The molecule has 0 aromatic carbocycles. The minimum absolute atomic E-state index is 0. The standard InChI is InChI=1S/C15H29N3O2S.ClH/c16-11-13-5-8-17(9-6-13)21(19,20)18-10-7-14-3-1-2-4-15(14)12-18;/h13-15H,1-12,16H2;1H. The van der Waals surface area contributed by atoms with Crippen molar-refractivity contribution in [1.82, 2.24) is 8.61 Å². The Balaban J connectivity index is 0.00000176. The van der Waals surface area contributed by atoms with Crippen LogP contribution in [-0.4, -0.2) is 49.8 Å². The second-order valence-corrected chi connectivity index (χ2v) is 8.97. The van der Waals surface area contributed by atoms with Gasteiger partial charge >= 0.3 is 0 Å². The zero-order chi connectivity index (χ0) is 14.9. The van der Waals surface area contributed by atoms with E-state index in [1.165, 1.54) is 25.7 Å². The maximum Gasteiger partial charge on any atom is 0.281 e. The summed E-state index contributed by atoms with van der Waals surface area (Å²) >= 11 is 0. The molecule has 22 heavy (non-hydrogen) atoms. The Morgan fingerprint density at radius 1 is 0.864 bits per heavy atom. The highest BCUT2D eigenvalue weighted by molar-refractivity contribution is 7.86. The summed E-state index contributed by atoms with van der Waals surface area (Å²) in [5.74, 6) is 1.87. The summed E-state index contributed by atoms with van der Waals surface area (Å²) in [6.45, 7) is 3.45. The summed E-state index contributed by atoms with van der Waals surface area (Å²) in [5, 5.41) is 0. The van der Waals surface area contributed by atoms with Crippen LogP contribution in [0.5, 0.6) is 0 Å². The van der Waals surface area contributed by atoms with Gasteiger partial charge < -0.3 is 5.73 Å². The highest BCUT2D eigenvalue weighted by Gasteiger charge is 2.39. The fourth-order valence-corrected chi connectivity index (χ4v) is 6.03. The molecule has 0 spiro atoms. The number of nitrogens with zero attached hydrogens (tertiary/aromatic N) is 2. The van der Waals surface area contributed by atoms with Crippen molar-refractivity contribution in [3.63, 3.8) is 0 Å². The second-order valence-electron chi connectivity index (χ2n) is 7.04. The first kappa shape index (κ1) is 18.5. The van der Waals surface area contributed by atoms with E-state index in [0.29, 0.717) is 31.5 Å². The van der Waals surface area contributed by atoms with Crippen LogP contribution in [-0.2, 0) is 10.2 Å². The Kier molecular flexibility index (Phi) is 6.54. The van der Waals surface area contributed by atoms with Crippen LogP contribution in [0.4, 0.5) is 0 Å². The lowest BCUT2D eigenvalue weighted by atomic mass is 9.76. The molecule has 5 nitrogen and oxygen atoms in total. The first-order chi connectivity index (χ1) is 10.1. The maximum absolute atomic E-state index is 12.8. The highest BCUT2D eigenvalue weighted by atomic mass is 35.5. The molecule has 0 amide bonds. The molecule has 0 aromatic heterocycles. The maximum atomic E-state index is 12.8. The smallest absolute Gasteiger partial charge is 0.281 e. The van der Waals surface area contributed by atoms with E-state index >= 15 is 0 Å². The summed E-state index contributed by atoms with van der Waals surface area (Å²) < 4.78 is 29.1. The third-order valence-corrected chi connectivity index (χ3v) is 7.82. The quantitative estimate of drug-likeness (QED) is 0.843. The summed E-state index contributed by atoms with van der Waals surface area (Å²) in [6, 6.07) is 0. The number of hydrogen-bond acceptors (Lipinski definition) is 3. The van der Waals surface area contributed by atoms with Gasteiger partial charge in [-0.25, -0.2) is 0 Å². The largest absolute Gasteiger partial charge is 0.330 e. The van der Waals surface area contributed by atoms with Crippen molar-refractivity contribution in [1.29, 1.82) is 0 Å². The zero-order valence-electron chi connectivity index (χ0n) is 13.3. The van der Waals surface area contributed by atoms with Crippen molar-refractivity contribution in [2.75, 3.05) is 32.7 Å². The molecule has 2 N–H and O–H groups in total. The van der Waals surface area contributed by atoms with Crippen molar-refractivity contribution in [3.05, 3.63) is 0 Å². The summed E-state index contributed by atoms with van der Waals surface area (Å²) in [4.78, 5) is 0. The molecule has 2 atom stereocenters. The average molecular weight is 352 g/mol. The van der Waals surface area contributed by atoms with Crippen molar-refractivity contribution in [3.8, 4) is 0 Å². The number of halogens is 1. The lowest BCUT2D eigenvalue weighted by molar-refractivity contribution is 0.129. The molecule has 0 bridgehead atoms. The van der Waals surface area contributed by atoms with Crippen LogP contribution < -0.4 is 5.73 Å². The number of piperidine rings is 2. The first-order valence-corrected chi connectivity index (χ1v) is 9.96. The number of fused-ring (bicyclic) bond motifs is 1. The summed E-state index contributed by atoms with van der Waals surface area (Å²) in [5.41, 5.74) is 5.70. The van der Waals surface area contributed by atoms with E-state index in [2.05, 4.69) is 0 Å². The van der Waals surface area contributed by atoms with Crippen LogP contribution in [0, 0.1) is 17.8 Å². The molecule has 2 unspecified atom stereocenters. The van der Waals surface area contributed by atoms with Gasteiger partial charge in [-0.1, -0.05) is 19.3 Å². The van der Waals surface area contributed by atoms with E-state index in [1.807, 2.05) is 0 Å². The predicted octanol–water partition coefficient (Wildman–Crippen LogP) is 1.84. The number of rotatable bonds is 3. The molecular weight excluding hydrogens is 322 g/mol. The molecule has 1 saturated carbocycles. The lowest BCUT2D eigenvalue weighted by Crippen LogP contribution is -2.52. The minimum atomic E-state index is -3.24. The SMILES string of the molecule is Cl.NCC1CCN(S(=O)(=O)N2CCC3CCCCC3C2)CC1. The minimum Gasteiger partial charge on any atom is -0.330 e. The molecule has 3 rings (SSSR count). The van der Waals surface area contributed by atoms with Crippen LogP contribution in [0.3, 0.4) is 0 Å². The normalized spacial score (nSPS) is 32.2. The molecule has 2 saturated heterocycles. The molecule has 3 aliphatic rings. The van der Waals surface area contributed by atoms with Crippen molar-refractivity contribution >= 4 is 22.6 Å². The molecule has 7 heteroatoms. The van der Waals surface area contributed by atoms with Crippen LogP contribution in [0.15, 0.2) is 0 Å². The molecular formula is C15H30ClN3O2S. The van der Waals surface area contributed by atoms with Gasteiger partial charge in [0.1, 0.15) is 0 Å². The van der Waals surface area contributed by atoms with Crippen molar-refractivity contribution in [2.45, 2.75) is 44.9 Å². The van der Waals surface area contributed by atoms with Crippen LogP contribution >= 0.6 is 12.4 Å². The number of hydrogen-bond donors (Lipinski definition) is 1. The van der Waals surface area contributed by atoms with E-state index in [1.54, 1.807) is 8.61 Å². The topological polar surface area (TPSA) is 66.6 Å². The van der Waals surface area contributed by atoms with Crippen LogP contribution in [0.25, 0.3) is 0 Å². The van der Waals surface area contributed by atoms with Crippen molar-refractivity contribution in [2.24, 2.45) is 23.5 Å². The van der Waals surface area contributed by atoms with Crippen LogP contribution in [0.1, 0.15) is 44.9 Å². The van der Waals surface area contributed by atoms with E-state index in [9.17, 15) is 8.42 Å². The van der Waals surface area contributed by atoms with Crippen molar-refractivity contribution < 1.29 is 8.42 Å². The fraction of sp³-hybridized carbons (Fsp3) is 1.00. The van der Waals surface area contributed by atoms with E-state index in [4.69, 9.17) is 5.73 Å². The van der Waals surface area contributed by atoms with Gasteiger partial charge in [0.2, 0.25) is 0 Å². The van der Waals surface area contributed by atoms with Gasteiger partial charge in [-0.2, -0.15) is 17.0 Å². The van der Waals surface area contributed by atoms with Gasteiger partial charge in [0.15, 0.2) is 0 Å². The predicted molar refractivity (Wildman–Crippen MR) is 91.2 cm³/mol. The van der Waals surface area contributed by atoms with Gasteiger partial charge in [0.05, 0.1) is 0 Å². The fourth-order valence-electron chi connectivity index (χ4n) is 4.32. The monoisotopic (exact) mass is 351 g/mol. The molecule has 1 aliphatic carbocycles. The second kappa shape index (κ2) is 7.79. The van der Waals surface area contributed by atoms with Gasteiger partial charge in [0.25, 0.3) is 10.2 Å². The number of nitrogens with two attached hydrogens (primary N) is 1. The van der Waals surface area contributed by atoms with Gasteiger partial charge in [-0.15, -0.1) is 12.4 Å². The van der Waals surface area contributed by atoms with E-state index in [-0.39, 0.29) is 12.4 Å². The molecule has 2 aliphatic heterocycles. The Bertz CT molecular complexity index is 452. The zero-order valence-corrected chi connectivity index (χ0v) is 15.0. The average Bonchev–Trinajstić information content (AvgIpc) is 2.54. The molecule has 130 valence electrons. The van der Waals surface area contributed by atoms with Gasteiger partial charge in [-0.3, -0.25) is 0 Å². The summed E-state index contributed by atoms with van der Waals surface area (Å²) in [7, 11) is -3.24. The highest BCUT2D eigenvalue weighted by Crippen LogP contribution is 2.37. The Hall–Kier alpha value is 0.120. The summed E-state index contributed by atoms with van der Waals surface area (Å²) in [6.07, 6.45) is 8.01. The Labute approximate surface area is 141 Å². The third-order valence-electron chi connectivity index (χ3n) is 5.81. The Morgan fingerprint density at radius 3 is 2.09 bits per heavy atom. The van der Waals surface area contributed by atoms with E-state index < -0.39 is 10.2 Å². The molecule has 3 fully saturated rings. The molecule has 0 aromatic rings. The Morgan fingerprint density at radius 2 is 1.45 bits per heavy atom. The lowest BCUT2D eigenvalue weighted by Gasteiger charge is -2.43. The van der Waals surface area contributed by atoms with E-state index in [0.717, 1.165) is 38.3 Å². The first-order valence-electron chi connectivity index (χ1n) is 8.56. The molecule has 0 radical (unpaired) electrons. The van der Waals surface area contributed by atoms with Crippen LogP contribution in [0.2, 0.25) is 0 Å². The molecule has 2 heterocycles. The third kappa shape index (κ3) is 3.78. The van der Waals surface area contributed by atoms with Gasteiger partial charge in [-0.05, 0) is 50.0 Å².